The summed E-state index contributed by atoms with van der Waals surface area (Å²) in [6, 6.07) is 6.72. The lowest BCUT2D eigenvalue weighted by molar-refractivity contribution is -0.155. The van der Waals surface area contributed by atoms with Gasteiger partial charge in [-0.1, -0.05) is 37.6 Å². The van der Waals surface area contributed by atoms with E-state index >= 15 is 0 Å². The minimum atomic E-state index is -0.438. The van der Waals surface area contributed by atoms with Crippen LogP contribution in [-0.4, -0.2) is 29.4 Å². The number of benzene rings is 1. The summed E-state index contributed by atoms with van der Waals surface area (Å²) in [5, 5.41) is 0.648. The average molecular weight is 310 g/mol. The highest BCUT2D eigenvalue weighted by Gasteiger charge is 2.35. The van der Waals surface area contributed by atoms with Gasteiger partial charge >= 0.3 is 5.97 Å². The van der Waals surface area contributed by atoms with Crippen LogP contribution in [0.4, 0.5) is 0 Å². The first-order valence-electron chi connectivity index (χ1n) is 7.20. The van der Waals surface area contributed by atoms with Crippen LogP contribution in [0.2, 0.25) is 5.02 Å². The minimum Gasteiger partial charge on any atom is -0.459 e. The largest absolute Gasteiger partial charge is 0.459 e. The minimum absolute atomic E-state index is 0.0148. The normalized spacial score (nSPS) is 18.1. The average Bonchev–Trinajstić information content (AvgIpc) is 2.94. The highest BCUT2D eigenvalue weighted by Crippen LogP contribution is 2.21. The number of hydrogen-bond acceptors (Lipinski definition) is 3. The molecule has 1 heterocycles. The lowest BCUT2D eigenvalue weighted by Gasteiger charge is -2.24. The summed E-state index contributed by atoms with van der Waals surface area (Å²) in [4.78, 5) is 25.9. The van der Waals surface area contributed by atoms with Crippen molar-refractivity contribution in [3.8, 4) is 0 Å². The Balaban J connectivity index is 1.93. The van der Waals surface area contributed by atoms with Crippen LogP contribution < -0.4 is 0 Å². The molecule has 21 heavy (non-hydrogen) atoms. The van der Waals surface area contributed by atoms with Crippen molar-refractivity contribution in [3.63, 3.8) is 0 Å². The van der Waals surface area contributed by atoms with Crippen molar-refractivity contribution in [2.75, 3.05) is 6.54 Å². The van der Waals surface area contributed by atoms with E-state index in [1.807, 2.05) is 26.0 Å². The van der Waals surface area contributed by atoms with Crippen LogP contribution in [0.5, 0.6) is 0 Å². The van der Waals surface area contributed by atoms with Gasteiger partial charge in [-0.05, 0) is 30.5 Å². The van der Waals surface area contributed by atoms with E-state index in [-0.39, 0.29) is 24.4 Å². The lowest BCUT2D eigenvalue weighted by Crippen LogP contribution is -2.43. The van der Waals surface area contributed by atoms with Crippen molar-refractivity contribution in [3.05, 3.63) is 34.9 Å². The molecule has 1 aliphatic rings. The van der Waals surface area contributed by atoms with Gasteiger partial charge in [-0.15, -0.1) is 0 Å². The maximum atomic E-state index is 12.2. The zero-order valence-electron chi connectivity index (χ0n) is 12.3. The smallest absolute Gasteiger partial charge is 0.329 e. The molecule has 0 aromatic heterocycles. The van der Waals surface area contributed by atoms with Gasteiger partial charge in [0.25, 0.3) is 0 Å². The van der Waals surface area contributed by atoms with Crippen molar-refractivity contribution in [1.29, 1.82) is 0 Å². The predicted molar refractivity (Wildman–Crippen MR) is 80.8 cm³/mol. The van der Waals surface area contributed by atoms with Gasteiger partial charge in [0.1, 0.15) is 12.6 Å². The monoisotopic (exact) mass is 309 g/mol. The number of halogens is 1. The number of esters is 1. The third-order valence-corrected chi connectivity index (χ3v) is 3.85. The number of likely N-dealkylation sites (tertiary alicyclic amines) is 1. The van der Waals surface area contributed by atoms with E-state index in [0.29, 0.717) is 18.0 Å². The second-order valence-electron chi connectivity index (χ2n) is 5.58. The fourth-order valence-corrected chi connectivity index (χ4v) is 2.56. The third-order valence-electron chi connectivity index (χ3n) is 3.60. The Morgan fingerprint density at radius 2 is 2.00 bits per heavy atom. The Hall–Kier alpha value is -1.55. The SMILES string of the molecule is CC(C)C(=O)N1CCCC1C(=O)OCc1ccc(Cl)cc1. The van der Waals surface area contributed by atoms with Gasteiger partial charge < -0.3 is 9.64 Å². The topological polar surface area (TPSA) is 46.6 Å². The number of carbonyl (C=O) groups is 2. The molecule has 1 atom stereocenters. The van der Waals surface area contributed by atoms with E-state index in [9.17, 15) is 9.59 Å². The molecular weight excluding hydrogens is 290 g/mol. The Labute approximate surface area is 130 Å². The number of nitrogens with zero attached hydrogens (tertiary/aromatic N) is 1. The maximum absolute atomic E-state index is 12.2. The number of rotatable bonds is 4. The fraction of sp³-hybridized carbons (Fsp3) is 0.500. The molecule has 1 amide bonds. The van der Waals surface area contributed by atoms with Crippen LogP contribution in [-0.2, 0) is 20.9 Å². The highest BCUT2D eigenvalue weighted by atomic mass is 35.5. The Bertz CT molecular complexity index is 513. The number of carbonyl (C=O) groups excluding carboxylic acids is 2. The van der Waals surface area contributed by atoms with Gasteiger partial charge in [0.2, 0.25) is 5.91 Å². The lowest BCUT2D eigenvalue weighted by atomic mass is 10.1. The molecule has 1 fully saturated rings. The molecule has 5 heteroatoms. The number of amides is 1. The summed E-state index contributed by atoms with van der Waals surface area (Å²) in [6.45, 7) is 4.53. The van der Waals surface area contributed by atoms with Crippen LogP contribution in [0.15, 0.2) is 24.3 Å². The quantitative estimate of drug-likeness (QED) is 0.803. The van der Waals surface area contributed by atoms with Gasteiger partial charge in [-0.3, -0.25) is 4.79 Å². The molecule has 4 nitrogen and oxygen atoms in total. The molecule has 0 radical (unpaired) electrons. The second kappa shape index (κ2) is 6.94. The van der Waals surface area contributed by atoms with E-state index in [4.69, 9.17) is 16.3 Å². The van der Waals surface area contributed by atoms with Gasteiger partial charge in [0, 0.05) is 17.5 Å². The molecule has 1 aromatic rings. The molecule has 114 valence electrons. The molecule has 0 spiro atoms. The molecule has 1 aromatic carbocycles. The van der Waals surface area contributed by atoms with Crippen molar-refractivity contribution < 1.29 is 14.3 Å². The molecule has 0 N–H and O–H groups in total. The molecule has 0 bridgehead atoms. The summed E-state index contributed by atoms with van der Waals surface area (Å²) in [6.07, 6.45) is 1.52. The number of ether oxygens (including phenoxy) is 1. The highest BCUT2D eigenvalue weighted by molar-refractivity contribution is 6.30. The van der Waals surface area contributed by atoms with Gasteiger partial charge in [-0.2, -0.15) is 0 Å². The summed E-state index contributed by atoms with van der Waals surface area (Å²) in [5.41, 5.74) is 0.882. The maximum Gasteiger partial charge on any atom is 0.329 e. The number of hydrogen-bond donors (Lipinski definition) is 0. The first kappa shape index (κ1) is 15.8. The summed E-state index contributed by atoms with van der Waals surface area (Å²) >= 11 is 5.81. The van der Waals surface area contributed by atoms with E-state index in [1.165, 1.54) is 0 Å². The Morgan fingerprint density at radius 1 is 1.33 bits per heavy atom. The van der Waals surface area contributed by atoms with Gasteiger partial charge in [0.15, 0.2) is 0 Å². The summed E-state index contributed by atoms with van der Waals surface area (Å²) in [7, 11) is 0. The van der Waals surface area contributed by atoms with Crippen molar-refractivity contribution in [2.45, 2.75) is 39.3 Å². The molecule has 1 saturated heterocycles. The zero-order valence-corrected chi connectivity index (χ0v) is 13.1. The second-order valence-corrected chi connectivity index (χ2v) is 6.01. The first-order chi connectivity index (χ1) is 9.99. The van der Waals surface area contributed by atoms with E-state index in [0.717, 1.165) is 12.0 Å². The Morgan fingerprint density at radius 3 is 2.62 bits per heavy atom. The van der Waals surface area contributed by atoms with Crippen LogP contribution >= 0.6 is 11.6 Å². The fourth-order valence-electron chi connectivity index (χ4n) is 2.44. The molecule has 1 unspecified atom stereocenters. The molecule has 0 saturated carbocycles. The van der Waals surface area contributed by atoms with E-state index in [1.54, 1.807) is 17.0 Å². The van der Waals surface area contributed by atoms with Crippen molar-refractivity contribution >= 4 is 23.5 Å². The van der Waals surface area contributed by atoms with Crippen molar-refractivity contribution in [2.24, 2.45) is 5.92 Å². The molecular formula is C16H20ClNO3. The van der Waals surface area contributed by atoms with Crippen LogP contribution in [0.25, 0.3) is 0 Å². The van der Waals surface area contributed by atoms with Gasteiger partial charge in [-0.25, -0.2) is 4.79 Å². The Kier molecular flexibility index (Phi) is 5.23. The molecule has 2 rings (SSSR count). The standard InChI is InChI=1S/C16H20ClNO3/c1-11(2)15(19)18-9-3-4-14(18)16(20)21-10-12-5-7-13(17)8-6-12/h5-8,11,14H,3-4,9-10H2,1-2H3. The van der Waals surface area contributed by atoms with E-state index in [2.05, 4.69) is 0 Å². The molecule has 1 aliphatic heterocycles. The van der Waals surface area contributed by atoms with E-state index < -0.39 is 6.04 Å². The predicted octanol–water partition coefficient (Wildman–Crippen LogP) is 3.03. The van der Waals surface area contributed by atoms with Gasteiger partial charge in [0.05, 0.1) is 0 Å². The molecule has 0 aliphatic carbocycles. The first-order valence-corrected chi connectivity index (χ1v) is 7.58. The van der Waals surface area contributed by atoms with Crippen LogP contribution in [0.3, 0.4) is 0 Å². The van der Waals surface area contributed by atoms with Crippen molar-refractivity contribution in [1.82, 2.24) is 4.90 Å². The van der Waals surface area contributed by atoms with Crippen LogP contribution in [0, 0.1) is 5.92 Å². The third kappa shape index (κ3) is 3.97. The summed E-state index contributed by atoms with van der Waals surface area (Å²) in [5.74, 6) is -0.410. The zero-order chi connectivity index (χ0) is 15.4. The summed E-state index contributed by atoms with van der Waals surface area (Å²) < 4.78 is 5.34. The van der Waals surface area contributed by atoms with Crippen LogP contribution in [0.1, 0.15) is 32.3 Å².